The fraction of sp³-hybridized carbons (Fsp3) is 0.0909. The van der Waals surface area contributed by atoms with Crippen molar-refractivity contribution < 1.29 is 13.9 Å². The van der Waals surface area contributed by atoms with Gasteiger partial charge in [-0.1, -0.05) is 40.2 Å². The van der Waals surface area contributed by atoms with Gasteiger partial charge in [-0.25, -0.2) is 9.82 Å². The summed E-state index contributed by atoms with van der Waals surface area (Å²) in [6, 6.07) is 19.3. The number of hydrogen-bond donors (Lipinski definition) is 1. The van der Waals surface area contributed by atoms with Gasteiger partial charge in [0, 0.05) is 4.47 Å². The highest BCUT2D eigenvalue weighted by atomic mass is 79.9. The zero-order chi connectivity index (χ0) is 20.6. The molecule has 0 saturated heterocycles. The summed E-state index contributed by atoms with van der Waals surface area (Å²) in [5.74, 6) is 0.105. The van der Waals surface area contributed by atoms with E-state index in [9.17, 15) is 9.18 Å². The van der Waals surface area contributed by atoms with Gasteiger partial charge in [0.05, 0.1) is 17.1 Å². The second-order valence-corrected chi connectivity index (χ2v) is 7.97. The van der Waals surface area contributed by atoms with Crippen LogP contribution in [-0.2, 0) is 17.8 Å². The van der Waals surface area contributed by atoms with Crippen LogP contribution in [0.25, 0.3) is 0 Å². The van der Waals surface area contributed by atoms with Crippen molar-refractivity contribution >= 4 is 44.0 Å². The van der Waals surface area contributed by atoms with Crippen LogP contribution in [0.2, 0.25) is 0 Å². The SMILES string of the molecule is O=C(Cc1ccc(F)cc1)N/N=C/c1ccc(OCc2ccc(Br)cc2)c(Br)c1. The number of carbonyl (C=O) groups is 1. The fourth-order valence-corrected chi connectivity index (χ4v) is 3.24. The van der Waals surface area contributed by atoms with E-state index in [4.69, 9.17) is 4.74 Å². The number of ether oxygens (including phenoxy) is 1. The second-order valence-electron chi connectivity index (χ2n) is 6.20. The molecule has 0 fully saturated rings. The highest BCUT2D eigenvalue weighted by Gasteiger charge is 2.04. The average molecular weight is 520 g/mol. The summed E-state index contributed by atoms with van der Waals surface area (Å²) in [4.78, 5) is 11.9. The van der Waals surface area contributed by atoms with E-state index in [0.29, 0.717) is 17.9 Å². The molecule has 0 aliphatic carbocycles. The normalized spacial score (nSPS) is 10.9. The Kier molecular flexibility index (Phi) is 7.55. The Hall–Kier alpha value is -2.51. The van der Waals surface area contributed by atoms with Crippen LogP contribution in [0, 0.1) is 5.82 Å². The van der Waals surface area contributed by atoms with Gasteiger partial charge in [-0.3, -0.25) is 4.79 Å². The number of halogens is 3. The van der Waals surface area contributed by atoms with Crippen LogP contribution in [-0.4, -0.2) is 12.1 Å². The van der Waals surface area contributed by atoms with Crippen molar-refractivity contribution in [3.8, 4) is 5.75 Å². The molecule has 4 nitrogen and oxygen atoms in total. The van der Waals surface area contributed by atoms with E-state index in [-0.39, 0.29) is 18.1 Å². The van der Waals surface area contributed by atoms with Crippen LogP contribution in [0.4, 0.5) is 4.39 Å². The van der Waals surface area contributed by atoms with E-state index in [2.05, 4.69) is 42.4 Å². The van der Waals surface area contributed by atoms with Crippen molar-refractivity contribution in [2.75, 3.05) is 0 Å². The van der Waals surface area contributed by atoms with E-state index in [0.717, 1.165) is 20.1 Å². The molecule has 0 radical (unpaired) electrons. The molecule has 3 rings (SSSR count). The molecule has 0 unspecified atom stereocenters. The second kappa shape index (κ2) is 10.3. The highest BCUT2D eigenvalue weighted by molar-refractivity contribution is 9.10. The number of hydrazone groups is 1. The molecule has 0 saturated carbocycles. The fourth-order valence-electron chi connectivity index (χ4n) is 2.46. The van der Waals surface area contributed by atoms with Crippen molar-refractivity contribution in [3.05, 3.63) is 98.2 Å². The molecule has 0 aliphatic rings. The Morgan fingerprint density at radius 1 is 1.00 bits per heavy atom. The molecular weight excluding hydrogens is 503 g/mol. The van der Waals surface area contributed by atoms with Crippen molar-refractivity contribution in [2.45, 2.75) is 13.0 Å². The lowest BCUT2D eigenvalue weighted by Crippen LogP contribution is -2.19. The van der Waals surface area contributed by atoms with Gasteiger partial charge in [0.15, 0.2) is 0 Å². The van der Waals surface area contributed by atoms with Gasteiger partial charge in [-0.15, -0.1) is 0 Å². The summed E-state index contributed by atoms with van der Waals surface area (Å²) in [7, 11) is 0. The number of rotatable bonds is 7. The summed E-state index contributed by atoms with van der Waals surface area (Å²) >= 11 is 6.90. The van der Waals surface area contributed by atoms with E-state index in [1.807, 2.05) is 42.5 Å². The van der Waals surface area contributed by atoms with Crippen molar-refractivity contribution in [1.82, 2.24) is 5.43 Å². The molecule has 3 aromatic rings. The van der Waals surface area contributed by atoms with Crippen LogP contribution < -0.4 is 10.2 Å². The standard InChI is InChI=1S/C22H17Br2FN2O2/c23-18-6-1-16(2-7-18)14-29-21-10-5-17(11-20(21)24)13-26-27-22(28)12-15-3-8-19(25)9-4-15/h1-11,13H,12,14H2,(H,27,28)/b26-13+. The predicted octanol–water partition coefficient (Wildman–Crippen LogP) is 5.62. The number of nitrogens with one attached hydrogen (secondary N) is 1. The van der Waals surface area contributed by atoms with E-state index in [1.54, 1.807) is 18.3 Å². The summed E-state index contributed by atoms with van der Waals surface area (Å²) in [6.07, 6.45) is 1.68. The first-order chi connectivity index (χ1) is 14.0. The van der Waals surface area contributed by atoms with Crippen LogP contribution in [0.3, 0.4) is 0 Å². The molecule has 0 spiro atoms. The Labute approximate surface area is 185 Å². The Morgan fingerprint density at radius 3 is 2.38 bits per heavy atom. The smallest absolute Gasteiger partial charge is 0.244 e. The van der Waals surface area contributed by atoms with Gasteiger partial charge in [-0.05, 0) is 75.1 Å². The minimum Gasteiger partial charge on any atom is -0.488 e. The summed E-state index contributed by atoms with van der Waals surface area (Å²) < 4.78 is 20.5. The maximum Gasteiger partial charge on any atom is 0.244 e. The van der Waals surface area contributed by atoms with Gasteiger partial charge in [0.1, 0.15) is 18.2 Å². The van der Waals surface area contributed by atoms with Crippen molar-refractivity contribution in [1.29, 1.82) is 0 Å². The summed E-state index contributed by atoms with van der Waals surface area (Å²) in [6.45, 7) is 0.457. The van der Waals surface area contributed by atoms with Gasteiger partial charge >= 0.3 is 0 Å². The van der Waals surface area contributed by atoms with Gasteiger partial charge in [0.2, 0.25) is 5.91 Å². The number of benzene rings is 3. The van der Waals surface area contributed by atoms with Crippen molar-refractivity contribution in [3.63, 3.8) is 0 Å². The van der Waals surface area contributed by atoms with E-state index in [1.165, 1.54) is 12.1 Å². The van der Waals surface area contributed by atoms with Crippen LogP contribution in [0.1, 0.15) is 16.7 Å². The lowest BCUT2D eigenvalue weighted by atomic mass is 10.1. The van der Waals surface area contributed by atoms with Gasteiger partial charge < -0.3 is 4.74 Å². The quantitative estimate of drug-likeness (QED) is 0.325. The monoisotopic (exact) mass is 518 g/mol. The molecule has 3 aromatic carbocycles. The minimum absolute atomic E-state index is 0.129. The first-order valence-electron chi connectivity index (χ1n) is 8.73. The number of hydrogen-bond acceptors (Lipinski definition) is 3. The number of carbonyl (C=O) groups excluding carboxylic acids is 1. The van der Waals surface area contributed by atoms with E-state index < -0.39 is 0 Å². The Balaban J connectivity index is 1.51. The van der Waals surface area contributed by atoms with Crippen LogP contribution in [0.5, 0.6) is 5.75 Å². The third-order valence-electron chi connectivity index (χ3n) is 3.94. The molecule has 1 N–H and O–H groups in total. The molecule has 0 atom stereocenters. The lowest BCUT2D eigenvalue weighted by Gasteiger charge is -2.09. The molecule has 0 heterocycles. The van der Waals surface area contributed by atoms with Gasteiger partial charge in [0.25, 0.3) is 0 Å². The predicted molar refractivity (Wildman–Crippen MR) is 118 cm³/mol. The lowest BCUT2D eigenvalue weighted by molar-refractivity contribution is -0.120. The third-order valence-corrected chi connectivity index (χ3v) is 5.09. The van der Waals surface area contributed by atoms with Gasteiger partial charge in [-0.2, -0.15) is 5.10 Å². The molecule has 1 amide bonds. The summed E-state index contributed by atoms with van der Waals surface area (Å²) in [5.41, 5.74) is 5.05. The minimum atomic E-state index is -0.331. The third kappa shape index (κ3) is 6.80. The van der Waals surface area contributed by atoms with Crippen LogP contribution in [0.15, 0.2) is 80.8 Å². The Morgan fingerprint density at radius 2 is 1.69 bits per heavy atom. The first kappa shape index (κ1) is 21.2. The molecule has 0 aliphatic heterocycles. The number of amides is 1. The largest absolute Gasteiger partial charge is 0.488 e. The maximum absolute atomic E-state index is 12.9. The molecule has 0 aromatic heterocycles. The first-order valence-corrected chi connectivity index (χ1v) is 10.3. The molecule has 29 heavy (non-hydrogen) atoms. The van der Waals surface area contributed by atoms with Crippen molar-refractivity contribution in [2.24, 2.45) is 5.10 Å². The number of nitrogens with zero attached hydrogens (tertiary/aromatic N) is 1. The summed E-state index contributed by atoms with van der Waals surface area (Å²) in [5, 5.41) is 3.96. The maximum atomic E-state index is 12.9. The van der Waals surface area contributed by atoms with Crippen LogP contribution >= 0.6 is 31.9 Å². The highest BCUT2D eigenvalue weighted by Crippen LogP contribution is 2.26. The van der Waals surface area contributed by atoms with E-state index >= 15 is 0 Å². The molecule has 7 heteroatoms. The average Bonchev–Trinajstić information content (AvgIpc) is 2.70. The topological polar surface area (TPSA) is 50.7 Å². The zero-order valence-corrected chi connectivity index (χ0v) is 18.4. The molecule has 148 valence electrons. The Bertz CT molecular complexity index is 1010. The zero-order valence-electron chi connectivity index (χ0n) is 15.2. The molecule has 0 bridgehead atoms. The molecular formula is C22H17Br2FN2O2.